The lowest BCUT2D eigenvalue weighted by molar-refractivity contribution is 0.0749. The van der Waals surface area contributed by atoms with Crippen LogP contribution in [0.25, 0.3) is 0 Å². The van der Waals surface area contributed by atoms with Crippen LogP contribution in [0.3, 0.4) is 0 Å². The van der Waals surface area contributed by atoms with Crippen LogP contribution in [0.15, 0.2) is 24.3 Å². The van der Waals surface area contributed by atoms with Crippen molar-refractivity contribution < 1.29 is 4.79 Å². The summed E-state index contributed by atoms with van der Waals surface area (Å²) in [5.74, 6) is 0.420. The number of hydrogen-bond acceptors (Lipinski definition) is 3. The van der Waals surface area contributed by atoms with Crippen LogP contribution < -0.4 is 11.1 Å². The summed E-state index contributed by atoms with van der Waals surface area (Å²) in [7, 11) is 4.38. The smallest absolute Gasteiger partial charge is 0.248 e. The normalized spacial score (nSPS) is 25.4. The Hall–Kier alpha value is -1.39. The molecule has 22 heavy (non-hydrogen) atoms. The Morgan fingerprint density at radius 3 is 2.86 bits per heavy atom. The number of primary amides is 1. The second kappa shape index (κ2) is 7.25. The van der Waals surface area contributed by atoms with Crippen LogP contribution in [0.5, 0.6) is 0 Å². The van der Waals surface area contributed by atoms with Crippen molar-refractivity contribution in [1.82, 2.24) is 10.2 Å². The van der Waals surface area contributed by atoms with Crippen molar-refractivity contribution >= 4 is 5.91 Å². The van der Waals surface area contributed by atoms with Crippen LogP contribution in [-0.2, 0) is 6.54 Å². The van der Waals surface area contributed by atoms with E-state index in [0.717, 1.165) is 24.6 Å². The zero-order valence-corrected chi connectivity index (χ0v) is 14.1. The summed E-state index contributed by atoms with van der Waals surface area (Å²) in [5, 5.41) is 3.59. The van der Waals surface area contributed by atoms with Crippen LogP contribution in [0.4, 0.5) is 0 Å². The molecular weight excluding hydrogens is 274 g/mol. The number of rotatable bonds is 6. The van der Waals surface area contributed by atoms with Gasteiger partial charge in [0.25, 0.3) is 0 Å². The van der Waals surface area contributed by atoms with Crippen LogP contribution in [0.2, 0.25) is 0 Å². The number of carbonyl (C=O) groups is 1. The number of nitrogens with zero attached hydrogens (tertiary/aromatic N) is 1. The first-order chi connectivity index (χ1) is 10.4. The zero-order valence-electron chi connectivity index (χ0n) is 14.1. The minimum Gasteiger partial charge on any atom is -0.366 e. The maximum absolute atomic E-state index is 11.2. The highest BCUT2D eigenvalue weighted by Gasteiger charge is 2.36. The molecule has 2 rings (SSSR count). The molecule has 4 nitrogen and oxygen atoms in total. The largest absolute Gasteiger partial charge is 0.366 e. The van der Waals surface area contributed by atoms with Crippen molar-refractivity contribution in [2.45, 2.75) is 44.7 Å². The van der Waals surface area contributed by atoms with Gasteiger partial charge >= 0.3 is 0 Å². The Bertz CT molecular complexity index is 515. The highest BCUT2D eigenvalue weighted by molar-refractivity contribution is 5.92. The van der Waals surface area contributed by atoms with E-state index < -0.39 is 0 Å². The molecule has 0 spiro atoms. The first-order valence-electron chi connectivity index (χ1n) is 8.20. The summed E-state index contributed by atoms with van der Waals surface area (Å²) in [6, 6.07) is 7.56. The van der Waals surface area contributed by atoms with Crippen molar-refractivity contribution in [3.63, 3.8) is 0 Å². The van der Waals surface area contributed by atoms with E-state index >= 15 is 0 Å². The van der Waals surface area contributed by atoms with Gasteiger partial charge in [-0.1, -0.05) is 31.9 Å². The molecule has 0 radical (unpaired) electrons. The molecule has 3 N–H and O–H groups in total. The molecule has 1 aromatic rings. The molecule has 1 amide bonds. The van der Waals surface area contributed by atoms with Gasteiger partial charge in [-0.25, -0.2) is 0 Å². The average Bonchev–Trinajstić information content (AvgIpc) is 2.47. The third kappa shape index (κ3) is 4.08. The van der Waals surface area contributed by atoms with Crippen LogP contribution >= 0.6 is 0 Å². The summed E-state index contributed by atoms with van der Waals surface area (Å²) in [6.07, 6.45) is 5.14. The van der Waals surface area contributed by atoms with Gasteiger partial charge in [0.15, 0.2) is 0 Å². The number of carbonyl (C=O) groups excluding carboxylic acids is 1. The fraction of sp³-hybridized carbons (Fsp3) is 0.611. The van der Waals surface area contributed by atoms with E-state index in [1.54, 1.807) is 6.07 Å². The molecular formula is C18H29N3O. The lowest BCUT2D eigenvalue weighted by Gasteiger charge is -2.45. The Morgan fingerprint density at radius 1 is 1.45 bits per heavy atom. The number of likely N-dealkylation sites (N-methyl/N-ethyl adjacent to an activating group) is 1. The van der Waals surface area contributed by atoms with Gasteiger partial charge < -0.3 is 16.0 Å². The van der Waals surface area contributed by atoms with Crippen LogP contribution in [0, 0.1) is 5.92 Å². The molecule has 4 heteroatoms. The molecule has 0 saturated heterocycles. The monoisotopic (exact) mass is 303 g/mol. The van der Waals surface area contributed by atoms with E-state index in [2.05, 4.69) is 31.2 Å². The predicted molar refractivity (Wildman–Crippen MR) is 90.7 cm³/mol. The third-order valence-electron chi connectivity index (χ3n) is 5.01. The van der Waals surface area contributed by atoms with E-state index in [-0.39, 0.29) is 11.4 Å². The van der Waals surface area contributed by atoms with E-state index in [1.165, 1.54) is 25.7 Å². The van der Waals surface area contributed by atoms with Crippen LogP contribution in [-0.4, -0.2) is 37.0 Å². The quantitative estimate of drug-likeness (QED) is 0.848. The van der Waals surface area contributed by atoms with Gasteiger partial charge in [-0.15, -0.1) is 0 Å². The van der Waals surface area contributed by atoms with Crippen LogP contribution in [0.1, 0.15) is 48.5 Å². The SMILES string of the molecule is CC1CCCC(CNCc2cccc(C(N)=O)c2)(N(C)C)C1. The average molecular weight is 303 g/mol. The molecule has 1 aliphatic carbocycles. The number of nitrogens with two attached hydrogens (primary N) is 1. The molecule has 1 aliphatic rings. The standard InChI is InChI=1S/C18H29N3O/c1-14-6-5-9-18(11-14,21(2)3)13-20-12-15-7-4-8-16(10-15)17(19)22/h4,7-8,10,14,20H,5-6,9,11-13H2,1-3H3,(H2,19,22). The molecule has 2 unspecified atom stereocenters. The van der Waals surface area contributed by atoms with Crippen molar-refractivity contribution in [2.24, 2.45) is 11.7 Å². The zero-order chi connectivity index (χ0) is 16.2. The molecule has 2 atom stereocenters. The van der Waals surface area contributed by atoms with E-state index in [4.69, 9.17) is 5.73 Å². The molecule has 1 fully saturated rings. The van der Waals surface area contributed by atoms with Gasteiger partial charge in [-0.3, -0.25) is 4.79 Å². The van der Waals surface area contributed by atoms with E-state index in [0.29, 0.717) is 5.56 Å². The fourth-order valence-electron chi connectivity index (χ4n) is 3.63. The maximum atomic E-state index is 11.2. The summed E-state index contributed by atoms with van der Waals surface area (Å²) in [5.41, 5.74) is 7.27. The minimum atomic E-state index is -0.368. The first-order valence-corrected chi connectivity index (χ1v) is 8.20. The second-order valence-electron chi connectivity index (χ2n) is 6.99. The topological polar surface area (TPSA) is 58.4 Å². The number of benzene rings is 1. The fourth-order valence-corrected chi connectivity index (χ4v) is 3.63. The summed E-state index contributed by atoms with van der Waals surface area (Å²) in [4.78, 5) is 13.6. The molecule has 1 aromatic carbocycles. The molecule has 122 valence electrons. The molecule has 0 bridgehead atoms. The number of amides is 1. The number of hydrogen-bond donors (Lipinski definition) is 2. The lowest BCUT2D eigenvalue weighted by atomic mass is 9.75. The lowest BCUT2D eigenvalue weighted by Crippen LogP contribution is -2.54. The third-order valence-corrected chi connectivity index (χ3v) is 5.01. The Morgan fingerprint density at radius 2 is 2.23 bits per heavy atom. The Balaban J connectivity index is 1.96. The van der Waals surface area contributed by atoms with Gasteiger partial charge in [-0.05, 0) is 50.6 Å². The van der Waals surface area contributed by atoms with Crippen molar-refractivity contribution in [1.29, 1.82) is 0 Å². The highest BCUT2D eigenvalue weighted by Crippen LogP contribution is 2.35. The second-order valence-corrected chi connectivity index (χ2v) is 6.99. The predicted octanol–water partition coefficient (Wildman–Crippen LogP) is 2.39. The molecule has 0 heterocycles. The van der Waals surface area contributed by atoms with Gasteiger partial charge in [-0.2, -0.15) is 0 Å². The number of nitrogens with one attached hydrogen (secondary N) is 1. The Kier molecular flexibility index (Phi) is 5.59. The van der Waals surface area contributed by atoms with Gasteiger partial charge in [0.1, 0.15) is 0 Å². The van der Waals surface area contributed by atoms with Gasteiger partial charge in [0.05, 0.1) is 0 Å². The van der Waals surface area contributed by atoms with Crippen molar-refractivity contribution in [2.75, 3.05) is 20.6 Å². The summed E-state index contributed by atoms with van der Waals surface area (Å²) < 4.78 is 0. The molecule has 0 aromatic heterocycles. The van der Waals surface area contributed by atoms with Crippen molar-refractivity contribution in [3.8, 4) is 0 Å². The van der Waals surface area contributed by atoms with Gasteiger partial charge in [0, 0.05) is 24.2 Å². The summed E-state index contributed by atoms with van der Waals surface area (Å²) in [6.45, 7) is 4.10. The Labute approximate surface area is 134 Å². The minimum absolute atomic E-state index is 0.249. The maximum Gasteiger partial charge on any atom is 0.248 e. The summed E-state index contributed by atoms with van der Waals surface area (Å²) >= 11 is 0. The van der Waals surface area contributed by atoms with Crippen molar-refractivity contribution in [3.05, 3.63) is 35.4 Å². The first kappa shape index (κ1) is 17.0. The van der Waals surface area contributed by atoms with E-state index in [1.807, 2.05) is 18.2 Å². The highest BCUT2D eigenvalue weighted by atomic mass is 16.1. The molecule has 1 saturated carbocycles. The van der Waals surface area contributed by atoms with Gasteiger partial charge in [0.2, 0.25) is 5.91 Å². The molecule has 0 aliphatic heterocycles. The van der Waals surface area contributed by atoms with E-state index in [9.17, 15) is 4.79 Å².